The van der Waals surface area contributed by atoms with Gasteiger partial charge in [0, 0.05) is 0 Å². The lowest BCUT2D eigenvalue weighted by Gasteiger charge is -1.91. The molecule has 2 rings (SSSR count). The predicted molar refractivity (Wildman–Crippen MR) is 42.9 cm³/mol. The molecule has 2 heterocycles. The number of H-pyrrole nitrogens is 1. The third-order valence-electron chi connectivity index (χ3n) is 1.53. The lowest BCUT2D eigenvalue weighted by molar-refractivity contribution is 0.990. The van der Waals surface area contributed by atoms with Gasteiger partial charge in [0.15, 0.2) is 0 Å². The van der Waals surface area contributed by atoms with Gasteiger partial charge in [0.2, 0.25) is 4.77 Å². The van der Waals surface area contributed by atoms with Gasteiger partial charge >= 0.3 is 0 Å². The monoisotopic (exact) mass is 166 g/mol. The molecule has 0 radical (unpaired) electrons. The Morgan fingerprint density at radius 3 is 3.09 bits per heavy atom. The molecule has 0 bridgehead atoms. The molecule has 0 aliphatic carbocycles. The highest BCUT2D eigenvalue weighted by Crippen LogP contribution is 2.02. The number of hydrogen-bond acceptors (Lipinski definition) is 3. The minimum atomic E-state index is 0.527. The summed E-state index contributed by atoms with van der Waals surface area (Å²) in [6, 6.07) is 0. The van der Waals surface area contributed by atoms with E-state index >= 15 is 0 Å². The molecule has 4 nitrogen and oxygen atoms in total. The van der Waals surface area contributed by atoms with Crippen LogP contribution in [-0.4, -0.2) is 19.4 Å². The summed E-state index contributed by atoms with van der Waals surface area (Å²) >= 11 is 4.96. The number of aryl methyl sites for hydroxylation is 1. The molecule has 0 unspecified atom stereocenters. The molecule has 0 saturated carbocycles. The maximum atomic E-state index is 4.96. The van der Waals surface area contributed by atoms with Crippen LogP contribution < -0.4 is 0 Å². The summed E-state index contributed by atoms with van der Waals surface area (Å²) in [5.74, 6) is 0. The van der Waals surface area contributed by atoms with Crippen molar-refractivity contribution in [3.8, 4) is 0 Å². The summed E-state index contributed by atoms with van der Waals surface area (Å²) in [6.45, 7) is 1.92. The van der Waals surface area contributed by atoms with Crippen LogP contribution in [0.4, 0.5) is 0 Å². The van der Waals surface area contributed by atoms with Gasteiger partial charge < -0.3 is 4.98 Å². The third kappa shape index (κ3) is 0.848. The van der Waals surface area contributed by atoms with E-state index in [1.54, 1.807) is 17.1 Å². The number of nitrogens with zero attached hydrogens (tertiary/aromatic N) is 3. The van der Waals surface area contributed by atoms with Gasteiger partial charge in [-0.25, -0.2) is 9.97 Å². The van der Waals surface area contributed by atoms with Gasteiger partial charge in [0.25, 0.3) is 0 Å². The van der Waals surface area contributed by atoms with Crippen molar-refractivity contribution in [2.24, 2.45) is 0 Å². The van der Waals surface area contributed by atoms with E-state index in [0.29, 0.717) is 4.77 Å². The Hall–Kier alpha value is -1.23. The van der Waals surface area contributed by atoms with E-state index in [4.69, 9.17) is 12.2 Å². The molecule has 5 heteroatoms. The fourth-order valence-corrected chi connectivity index (χ4v) is 1.16. The Morgan fingerprint density at radius 2 is 2.36 bits per heavy atom. The summed E-state index contributed by atoms with van der Waals surface area (Å²) < 4.78 is 2.27. The predicted octanol–water partition coefficient (Wildman–Crippen LogP) is 1.10. The highest BCUT2D eigenvalue weighted by Gasteiger charge is 1.98. The molecule has 0 atom stereocenters. The molecule has 0 aromatic carbocycles. The maximum Gasteiger partial charge on any atom is 0.207 e. The fraction of sp³-hybridized carbons (Fsp3) is 0.167. The van der Waals surface area contributed by atoms with Crippen molar-refractivity contribution in [2.75, 3.05) is 0 Å². The van der Waals surface area contributed by atoms with Crippen LogP contribution in [0.5, 0.6) is 0 Å². The molecule has 0 fully saturated rings. The standard InChI is InChI=1S/C6H6N4S/c1-4-5-7-2-8-6(11)10(5)3-9-4/h2-3H,1H3,(H,7,8,11). The van der Waals surface area contributed by atoms with Gasteiger partial charge in [-0.1, -0.05) is 0 Å². The molecule has 56 valence electrons. The van der Waals surface area contributed by atoms with E-state index in [0.717, 1.165) is 11.3 Å². The molecule has 2 aromatic heterocycles. The van der Waals surface area contributed by atoms with E-state index in [1.807, 2.05) is 6.92 Å². The first-order chi connectivity index (χ1) is 5.29. The molecular formula is C6H6N4S. The van der Waals surface area contributed by atoms with E-state index in [-0.39, 0.29) is 0 Å². The smallest absolute Gasteiger partial charge is 0.207 e. The molecule has 11 heavy (non-hydrogen) atoms. The van der Waals surface area contributed by atoms with Gasteiger partial charge in [-0.3, -0.25) is 4.40 Å². The van der Waals surface area contributed by atoms with Crippen LogP contribution in [-0.2, 0) is 0 Å². The first-order valence-corrected chi connectivity index (χ1v) is 3.57. The SMILES string of the molecule is Cc1ncn2c(=S)nc[nH]c12. The molecular weight excluding hydrogens is 160 g/mol. The Bertz CT molecular complexity index is 441. The van der Waals surface area contributed by atoms with Crippen LogP contribution in [0, 0.1) is 11.7 Å². The normalized spacial score (nSPS) is 10.6. The van der Waals surface area contributed by atoms with Crippen molar-refractivity contribution in [1.82, 2.24) is 19.4 Å². The van der Waals surface area contributed by atoms with Gasteiger partial charge in [-0.15, -0.1) is 0 Å². The molecule has 0 aliphatic rings. The zero-order chi connectivity index (χ0) is 7.84. The Morgan fingerprint density at radius 1 is 1.55 bits per heavy atom. The minimum absolute atomic E-state index is 0.527. The highest BCUT2D eigenvalue weighted by atomic mass is 32.1. The minimum Gasteiger partial charge on any atom is -0.330 e. The molecule has 0 spiro atoms. The second-order valence-electron chi connectivity index (χ2n) is 2.23. The molecule has 2 aromatic rings. The maximum absolute atomic E-state index is 4.96. The first kappa shape index (κ1) is 6.48. The van der Waals surface area contributed by atoms with Crippen LogP contribution >= 0.6 is 12.2 Å². The summed E-state index contributed by atoms with van der Waals surface area (Å²) in [4.78, 5) is 10.9. The zero-order valence-electron chi connectivity index (χ0n) is 5.90. The van der Waals surface area contributed by atoms with Crippen LogP contribution in [0.3, 0.4) is 0 Å². The van der Waals surface area contributed by atoms with Gasteiger partial charge in [0.1, 0.15) is 12.0 Å². The number of rotatable bonds is 0. The van der Waals surface area contributed by atoms with Gasteiger partial charge in [0.05, 0.1) is 12.0 Å². The fourth-order valence-electron chi connectivity index (χ4n) is 0.967. The number of nitrogens with one attached hydrogen (secondary N) is 1. The average molecular weight is 166 g/mol. The van der Waals surface area contributed by atoms with Crippen molar-refractivity contribution < 1.29 is 0 Å². The van der Waals surface area contributed by atoms with Crippen molar-refractivity contribution in [3.63, 3.8) is 0 Å². The van der Waals surface area contributed by atoms with Crippen molar-refractivity contribution >= 4 is 17.9 Å². The van der Waals surface area contributed by atoms with Gasteiger partial charge in [-0.05, 0) is 19.1 Å². The molecule has 0 saturated heterocycles. The van der Waals surface area contributed by atoms with E-state index in [9.17, 15) is 0 Å². The average Bonchev–Trinajstić information content (AvgIpc) is 2.35. The van der Waals surface area contributed by atoms with Crippen LogP contribution in [0.2, 0.25) is 0 Å². The van der Waals surface area contributed by atoms with E-state index in [2.05, 4.69) is 15.0 Å². The van der Waals surface area contributed by atoms with Crippen molar-refractivity contribution in [3.05, 3.63) is 23.1 Å². The number of aromatic nitrogens is 4. The lowest BCUT2D eigenvalue weighted by atomic mass is 10.5. The van der Waals surface area contributed by atoms with E-state index < -0.39 is 0 Å². The highest BCUT2D eigenvalue weighted by molar-refractivity contribution is 7.71. The van der Waals surface area contributed by atoms with Crippen molar-refractivity contribution in [2.45, 2.75) is 6.92 Å². The summed E-state index contributed by atoms with van der Waals surface area (Å²) in [5, 5.41) is 0. The van der Waals surface area contributed by atoms with Gasteiger partial charge in [-0.2, -0.15) is 0 Å². The van der Waals surface area contributed by atoms with Crippen LogP contribution in [0.1, 0.15) is 5.69 Å². The Labute approximate surface area is 67.9 Å². The molecule has 1 N–H and O–H groups in total. The number of fused-ring (bicyclic) bond motifs is 1. The van der Waals surface area contributed by atoms with Crippen LogP contribution in [0.15, 0.2) is 12.7 Å². The zero-order valence-corrected chi connectivity index (χ0v) is 6.72. The summed E-state index contributed by atoms with van der Waals surface area (Å²) in [6.07, 6.45) is 3.24. The number of imidazole rings is 1. The Balaban J connectivity index is 3.06. The number of hydrogen-bond donors (Lipinski definition) is 1. The quantitative estimate of drug-likeness (QED) is 0.596. The molecule has 0 amide bonds. The largest absolute Gasteiger partial charge is 0.330 e. The second kappa shape index (κ2) is 2.13. The Kier molecular flexibility index (Phi) is 1.25. The summed E-state index contributed by atoms with van der Waals surface area (Å²) in [5.41, 5.74) is 1.84. The third-order valence-corrected chi connectivity index (χ3v) is 1.83. The number of aromatic amines is 1. The molecule has 0 aliphatic heterocycles. The first-order valence-electron chi connectivity index (χ1n) is 3.16. The van der Waals surface area contributed by atoms with Crippen LogP contribution in [0.25, 0.3) is 5.65 Å². The van der Waals surface area contributed by atoms with Crippen molar-refractivity contribution in [1.29, 1.82) is 0 Å². The summed E-state index contributed by atoms with van der Waals surface area (Å²) in [7, 11) is 0. The van der Waals surface area contributed by atoms with E-state index in [1.165, 1.54) is 0 Å². The topological polar surface area (TPSA) is 46.0 Å². The lowest BCUT2D eigenvalue weighted by Crippen LogP contribution is -1.90. The second-order valence-corrected chi connectivity index (χ2v) is 2.60.